The Morgan fingerprint density at radius 1 is 1.15 bits per heavy atom. The van der Waals surface area contributed by atoms with Crippen molar-refractivity contribution in [2.45, 2.75) is 36.0 Å². The molecule has 0 atom stereocenters. The molecule has 0 saturated carbocycles. The normalized spacial score (nSPS) is 11.3. The number of hydrogen-bond acceptors (Lipinski definition) is 3. The van der Waals surface area contributed by atoms with Gasteiger partial charge in [-0.15, -0.1) is 0 Å². The quantitative estimate of drug-likeness (QED) is 0.918. The van der Waals surface area contributed by atoms with Crippen LogP contribution in [0.2, 0.25) is 0 Å². The number of hydrogen-bond donors (Lipinski definition) is 1. The summed E-state index contributed by atoms with van der Waals surface area (Å²) in [5.41, 5.74) is 1.47. The first-order valence-electron chi connectivity index (χ1n) is 6.34. The van der Waals surface area contributed by atoms with E-state index in [0.717, 1.165) is 4.90 Å². The van der Waals surface area contributed by atoms with Crippen LogP contribution in [0.25, 0.3) is 0 Å². The summed E-state index contributed by atoms with van der Waals surface area (Å²) in [7, 11) is 0. The van der Waals surface area contributed by atoms with Gasteiger partial charge in [-0.25, -0.2) is 9.78 Å². The Morgan fingerprint density at radius 2 is 1.80 bits per heavy atom. The molecular formula is C16H17NO2S. The van der Waals surface area contributed by atoms with Crippen LogP contribution < -0.4 is 0 Å². The second-order valence-electron chi connectivity index (χ2n) is 5.53. The molecule has 0 aliphatic heterocycles. The Kier molecular flexibility index (Phi) is 4.14. The van der Waals surface area contributed by atoms with E-state index in [4.69, 9.17) is 5.11 Å². The Bertz CT molecular complexity index is 615. The number of carbonyl (C=O) groups is 1. The van der Waals surface area contributed by atoms with Crippen LogP contribution in [0, 0.1) is 0 Å². The van der Waals surface area contributed by atoms with E-state index in [1.165, 1.54) is 23.5 Å². The average Bonchev–Trinajstić information content (AvgIpc) is 2.38. The number of rotatable bonds is 3. The van der Waals surface area contributed by atoms with Crippen molar-refractivity contribution in [3.05, 3.63) is 53.9 Å². The molecule has 0 aliphatic rings. The zero-order valence-corrected chi connectivity index (χ0v) is 12.6. The predicted molar refractivity (Wildman–Crippen MR) is 80.5 cm³/mol. The number of carboxylic acids is 1. The molecule has 0 aliphatic carbocycles. The van der Waals surface area contributed by atoms with Gasteiger partial charge in [0, 0.05) is 16.0 Å². The first-order chi connectivity index (χ1) is 9.38. The third-order valence-electron chi connectivity index (χ3n) is 2.92. The maximum Gasteiger partial charge on any atom is 0.355 e. The fourth-order valence-electron chi connectivity index (χ4n) is 1.78. The first-order valence-corrected chi connectivity index (χ1v) is 7.16. The summed E-state index contributed by atoms with van der Waals surface area (Å²) in [5.74, 6) is -1.00. The molecule has 3 nitrogen and oxygen atoms in total. The first kappa shape index (κ1) is 14.6. The van der Waals surface area contributed by atoms with Crippen molar-refractivity contribution in [1.82, 2.24) is 4.98 Å². The standard InChI is InChI=1S/C16H17NO2S/c1-16(2,3)11-6-8-12(9-7-11)20-13-5-4-10-17-14(13)15(18)19/h4-10H,1-3H3,(H,18,19). The van der Waals surface area contributed by atoms with Crippen molar-refractivity contribution in [2.75, 3.05) is 0 Å². The van der Waals surface area contributed by atoms with Gasteiger partial charge in [0.15, 0.2) is 5.69 Å². The van der Waals surface area contributed by atoms with Gasteiger partial charge in [-0.3, -0.25) is 0 Å². The van der Waals surface area contributed by atoms with Crippen LogP contribution in [-0.2, 0) is 5.41 Å². The van der Waals surface area contributed by atoms with Crippen molar-refractivity contribution in [3.63, 3.8) is 0 Å². The highest BCUT2D eigenvalue weighted by Gasteiger charge is 2.14. The predicted octanol–water partition coefficient (Wildman–Crippen LogP) is 4.23. The maximum atomic E-state index is 11.1. The summed E-state index contributed by atoms with van der Waals surface area (Å²) < 4.78 is 0. The van der Waals surface area contributed by atoms with Crippen molar-refractivity contribution in [3.8, 4) is 0 Å². The van der Waals surface area contributed by atoms with Gasteiger partial charge in [-0.2, -0.15) is 0 Å². The Labute approximate surface area is 123 Å². The van der Waals surface area contributed by atoms with Crippen LogP contribution >= 0.6 is 11.8 Å². The zero-order valence-electron chi connectivity index (χ0n) is 11.8. The fraction of sp³-hybridized carbons (Fsp3) is 0.250. The van der Waals surface area contributed by atoms with Crippen LogP contribution in [0.15, 0.2) is 52.4 Å². The molecule has 0 unspecified atom stereocenters. The lowest BCUT2D eigenvalue weighted by atomic mass is 9.87. The third kappa shape index (κ3) is 3.39. The van der Waals surface area contributed by atoms with E-state index in [9.17, 15) is 4.79 Å². The largest absolute Gasteiger partial charge is 0.476 e. The van der Waals surface area contributed by atoms with Crippen molar-refractivity contribution < 1.29 is 9.90 Å². The highest BCUT2D eigenvalue weighted by Crippen LogP contribution is 2.31. The minimum absolute atomic E-state index is 0.0948. The molecule has 0 spiro atoms. The van der Waals surface area contributed by atoms with E-state index < -0.39 is 5.97 Å². The number of nitrogens with zero attached hydrogens (tertiary/aromatic N) is 1. The van der Waals surface area contributed by atoms with E-state index in [2.05, 4.69) is 37.9 Å². The average molecular weight is 287 g/mol. The molecule has 1 aromatic heterocycles. The summed E-state index contributed by atoms with van der Waals surface area (Å²) in [4.78, 5) is 16.7. The van der Waals surface area contributed by atoms with Crippen LogP contribution in [0.4, 0.5) is 0 Å². The summed E-state index contributed by atoms with van der Waals surface area (Å²) in [6.07, 6.45) is 1.50. The van der Waals surface area contributed by atoms with Crippen LogP contribution in [0.5, 0.6) is 0 Å². The zero-order chi connectivity index (χ0) is 14.8. The molecule has 0 fully saturated rings. The van der Waals surface area contributed by atoms with Gasteiger partial charge in [0.05, 0.1) is 0 Å². The van der Waals surface area contributed by atoms with Crippen molar-refractivity contribution in [2.24, 2.45) is 0 Å². The lowest BCUT2D eigenvalue weighted by molar-refractivity contribution is 0.0686. The lowest BCUT2D eigenvalue weighted by Gasteiger charge is -2.19. The van der Waals surface area contributed by atoms with Crippen LogP contribution in [-0.4, -0.2) is 16.1 Å². The number of aromatic nitrogens is 1. The topological polar surface area (TPSA) is 50.2 Å². The molecular weight excluding hydrogens is 270 g/mol. The summed E-state index contributed by atoms with van der Waals surface area (Å²) in [5, 5.41) is 9.12. The van der Waals surface area contributed by atoms with Gasteiger partial charge < -0.3 is 5.11 Å². The molecule has 20 heavy (non-hydrogen) atoms. The van der Waals surface area contributed by atoms with Gasteiger partial charge in [0.25, 0.3) is 0 Å². The molecule has 1 aromatic carbocycles. The number of carboxylic acid groups (broad SMARTS) is 1. The highest BCUT2D eigenvalue weighted by atomic mass is 32.2. The van der Waals surface area contributed by atoms with Crippen LogP contribution in [0.1, 0.15) is 36.8 Å². The van der Waals surface area contributed by atoms with Crippen molar-refractivity contribution >= 4 is 17.7 Å². The fourth-order valence-corrected chi connectivity index (χ4v) is 2.69. The van der Waals surface area contributed by atoms with E-state index in [0.29, 0.717) is 4.90 Å². The van der Waals surface area contributed by atoms with E-state index in [1.807, 2.05) is 12.1 Å². The molecule has 2 aromatic rings. The second-order valence-corrected chi connectivity index (χ2v) is 6.65. The lowest BCUT2D eigenvalue weighted by Crippen LogP contribution is -2.10. The summed E-state index contributed by atoms with van der Waals surface area (Å²) in [6, 6.07) is 11.7. The molecule has 4 heteroatoms. The Balaban J connectivity index is 2.25. The van der Waals surface area contributed by atoms with E-state index in [1.54, 1.807) is 12.1 Å². The number of benzene rings is 1. The smallest absolute Gasteiger partial charge is 0.355 e. The Morgan fingerprint density at radius 3 is 2.35 bits per heavy atom. The summed E-state index contributed by atoms with van der Waals surface area (Å²) in [6.45, 7) is 6.50. The third-order valence-corrected chi connectivity index (χ3v) is 3.98. The molecule has 1 N–H and O–H groups in total. The van der Waals surface area contributed by atoms with E-state index in [-0.39, 0.29) is 11.1 Å². The van der Waals surface area contributed by atoms with Crippen molar-refractivity contribution in [1.29, 1.82) is 0 Å². The molecule has 0 saturated heterocycles. The highest BCUT2D eigenvalue weighted by molar-refractivity contribution is 7.99. The van der Waals surface area contributed by atoms with E-state index >= 15 is 0 Å². The van der Waals surface area contributed by atoms with Gasteiger partial charge in [-0.1, -0.05) is 44.7 Å². The number of aromatic carboxylic acids is 1. The number of pyridine rings is 1. The van der Waals surface area contributed by atoms with Gasteiger partial charge in [0.2, 0.25) is 0 Å². The van der Waals surface area contributed by atoms with Crippen LogP contribution in [0.3, 0.4) is 0 Å². The summed E-state index contributed by atoms with van der Waals surface area (Å²) >= 11 is 1.42. The maximum absolute atomic E-state index is 11.1. The van der Waals surface area contributed by atoms with Gasteiger partial charge in [-0.05, 0) is 35.2 Å². The molecule has 1 heterocycles. The molecule has 104 valence electrons. The second kappa shape index (κ2) is 5.67. The monoisotopic (exact) mass is 287 g/mol. The van der Waals surface area contributed by atoms with Gasteiger partial charge in [0.1, 0.15) is 0 Å². The van der Waals surface area contributed by atoms with Gasteiger partial charge >= 0.3 is 5.97 Å². The molecule has 0 bridgehead atoms. The molecule has 0 amide bonds. The minimum Gasteiger partial charge on any atom is -0.476 e. The molecule has 0 radical (unpaired) electrons. The minimum atomic E-state index is -1.00. The Hall–Kier alpha value is -1.81. The molecule has 2 rings (SSSR count). The SMILES string of the molecule is CC(C)(C)c1ccc(Sc2cccnc2C(=O)O)cc1.